The summed E-state index contributed by atoms with van der Waals surface area (Å²) in [6.45, 7) is 1.52. The lowest BCUT2D eigenvalue weighted by Gasteiger charge is -2.31. The first-order chi connectivity index (χ1) is 5.98. The lowest BCUT2D eigenvalue weighted by Crippen LogP contribution is -2.56. The molecule has 0 spiro atoms. The molecule has 0 bridgehead atoms. The van der Waals surface area contributed by atoms with E-state index in [1.54, 1.807) is 7.05 Å². The Kier molecular flexibility index (Phi) is 5.09. The lowest BCUT2D eigenvalue weighted by molar-refractivity contribution is -0.837. The van der Waals surface area contributed by atoms with Crippen LogP contribution < -0.4 is 0 Å². The number of rotatable bonds is 5. The molecule has 0 aliphatic carbocycles. The predicted molar refractivity (Wildman–Crippen MR) is 46.8 cm³/mol. The number of carbonyl (C=O) groups is 1. The maximum Gasteiger partial charge on any atom is 0.341 e. The molecule has 0 saturated heterocycles. The predicted octanol–water partition coefficient (Wildman–Crippen LogP) is -1.67. The third-order valence-electron chi connectivity index (χ3n) is 2.08. The van der Waals surface area contributed by atoms with Gasteiger partial charge in [-0.1, -0.05) is 0 Å². The van der Waals surface area contributed by atoms with Crippen LogP contribution in [-0.2, 0) is 4.79 Å². The zero-order chi connectivity index (χ0) is 10.5. The number of aliphatic hydroxyl groups is 3. The van der Waals surface area contributed by atoms with Crippen molar-refractivity contribution >= 4 is 5.91 Å². The number of likely N-dealkylation sites (N-methyl/N-ethyl adjacent to an activating group) is 1. The second kappa shape index (κ2) is 5.29. The molecule has 0 aliphatic rings. The smallest absolute Gasteiger partial charge is 0.341 e. The van der Waals surface area contributed by atoms with Crippen LogP contribution >= 0.6 is 0 Å². The van der Waals surface area contributed by atoms with Crippen molar-refractivity contribution in [2.75, 3.05) is 33.4 Å². The second-order valence-electron chi connectivity index (χ2n) is 3.30. The minimum atomic E-state index is -1.07. The van der Waals surface area contributed by atoms with Gasteiger partial charge >= 0.3 is 5.91 Å². The Balaban J connectivity index is 4.46. The summed E-state index contributed by atoms with van der Waals surface area (Å²) in [4.78, 5) is 11.4. The number of hydrogen-bond acceptors (Lipinski definition) is 4. The van der Waals surface area contributed by atoms with Crippen LogP contribution in [0.5, 0.6) is 0 Å². The van der Waals surface area contributed by atoms with E-state index in [-0.39, 0.29) is 36.7 Å². The van der Waals surface area contributed by atoms with Gasteiger partial charge in [0.15, 0.2) is 6.10 Å². The van der Waals surface area contributed by atoms with Gasteiger partial charge in [-0.05, 0) is 6.92 Å². The van der Waals surface area contributed by atoms with Crippen LogP contribution in [0.2, 0.25) is 0 Å². The van der Waals surface area contributed by atoms with E-state index < -0.39 is 6.10 Å². The monoisotopic (exact) mass is 192 g/mol. The molecule has 0 aromatic heterocycles. The minimum Gasteiger partial charge on any atom is -0.390 e. The van der Waals surface area contributed by atoms with Gasteiger partial charge in [-0.25, -0.2) is 4.79 Å². The molecule has 0 radical (unpaired) electrons. The summed E-state index contributed by atoms with van der Waals surface area (Å²) in [5, 5.41) is 26.5. The molecule has 13 heavy (non-hydrogen) atoms. The maximum atomic E-state index is 11.4. The Bertz CT molecular complexity index is 164. The summed E-state index contributed by atoms with van der Waals surface area (Å²) in [5.41, 5.74) is 0. The summed E-state index contributed by atoms with van der Waals surface area (Å²) in [6, 6.07) is 0. The summed E-state index contributed by atoms with van der Waals surface area (Å²) in [7, 11) is 1.58. The SMILES string of the molecule is CC(O)C(=O)[N+](C)(CCO)CCO. The van der Waals surface area contributed by atoms with E-state index in [4.69, 9.17) is 15.3 Å². The first-order valence-electron chi connectivity index (χ1n) is 4.26. The van der Waals surface area contributed by atoms with Crippen molar-refractivity contribution in [2.24, 2.45) is 0 Å². The molecule has 0 aromatic rings. The lowest BCUT2D eigenvalue weighted by atomic mass is 10.2. The Hall–Kier alpha value is -0.490. The number of hydrogen-bond donors (Lipinski definition) is 3. The first-order valence-corrected chi connectivity index (χ1v) is 4.26. The van der Waals surface area contributed by atoms with E-state index >= 15 is 0 Å². The Morgan fingerprint density at radius 3 is 1.92 bits per heavy atom. The van der Waals surface area contributed by atoms with Crippen LogP contribution in [0.25, 0.3) is 0 Å². The van der Waals surface area contributed by atoms with Crippen LogP contribution in [-0.4, -0.2) is 65.2 Å². The van der Waals surface area contributed by atoms with E-state index in [0.29, 0.717) is 0 Å². The van der Waals surface area contributed by atoms with Gasteiger partial charge in [-0.15, -0.1) is 0 Å². The van der Waals surface area contributed by atoms with Gasteiger partial charge in [-0.3, -0.25) is 4.48 Å². The average molecular weight is 192 g/mol. The fraction of sp³-hybridized carbons (Fsp3) is 0.875. The number of carbonyl (C=O) groups excluding carboxylic acids is 1. The number of nitrogens with zero attached hydrogens (tertiary/aromatic N) is 1. The standard InChI is InChI=1S/C8H18NO4/c1-7(12)8(13)9(2,3-5-10)4-6-11/h7,10-12H,3-6H2,1-2H3/q+1. The van der Waals surface area contributed by atoms with E-state index in [2.05, 4.69) is 0 Å². The molecule has 1 unspecified atom stereocenters. The molecule has 0 aliphatic heterocycles. The van der Waals surface area contributed by atoms with Crippen LogP contribution in [0.3, 0.4) is 0 Å². The van der Waals surface area contributed by atoms with Gasteiger partial charge in [0.05, 0.1) is 20.3 Å². The molecule has 0 saturated carbocycles. The van der Waals surface area contributed by atoms with E-state index in [1.165, 1.54) is 6.92 Å². The Morgan fingerprint density at radius 1 is 1.31 bits per heavy atom. The topological polar surface area (TPSA) is 77.8 Å². The van der Waals surface area contributed by atoms with Crippen LogP contribution in [0, 0.1) is 0 Å². The number of aliphatic hydroxyl groups excluding tert-OH is 3. The quantitative estimate of drug-likeness (QED) is 0.455. The largest absolute Gasteiger partial charge is 0.390 e. The third kappa shape index (κ3) is 3.40. The number of amides is 1. The summed E-state index contributed by atoms with van der Waals surface area (Å²) < 4.78 is -0.134. The summed E-state index contributed by atoms with van der Waals surface area (Å²) in [5.74, 6) is -0.386. The molecule has 5 heteroatoms. The molecular weight excluding hydrogens is 174 g/mol. The van der Waals surface area contributed by atoms with Crippen molar-refractivity contribution in [2.45, 2.75) is 13.0 Å². The first kappa shape index (κ1) is 12.5. The van der Waals surface area contributed by atoms with Crippen molar-refractivity contribution in [3.8, 4) is 0 Å². The van der Waals surface area contributed by atoms with Crippen molar-refractivity contribution in [1.82, 2.24) is 0 Å². The van der Waals surface area contributed by atoms with Gasteiger partial charge in [0.25, 0.3) is 0 Å². The van der Waals surface area contributed by atoms with Crippen molar-refractivity contribution < 1.29 is 24.6 Å². The fourth-order valence-corrected chi connectivity index (χ4v) is 1.22. The highest BCUT2D eigenvalue weighted by molar-refractivity contribution is 5.73. The number of quaternary nitrogens is 1. The zero-order valence-corrected chi connectivity index (χ0v) is 8.10. The highest BCUT2D eigenvalue weighted by atomic mass is 16.3. The van der Waals surface area contributed by atoms with Gasteiger partial charge in [0, 0.05) is 0 Å². The van der Waals surface area contributed by atoms with Crippen LogP contribution in [0.1, 0.15) is 6.92 Å². The van der Waals surface area contributed by atoms with Gasteiger partial charge in [-0.2, -0.15) is 0 Å². The molecule has 3 N–H and O–H groups in total. The van der Waals surface area contributed by atoms with E-state index in [9.17, 15) is 4.79 Å². The van der Waals surface area contributed by atoms with E-state index in [0.717, 1.165) is 0 Å². The van der Waals surface area contributed by atoms with Gasteiger partial charge in [0.2, 0.25) is 0 Å². The second-order valence-corrected chi connectivity index (χ2v) is 3.30. The van der Waals surface area contributed by atoms with Crippen molar-refractivity contribution in [3.63, 3.8) is 0 Å². The van der Waals surface area contributed by atoms with Crippen molar-refractivity contribution in [1.29, 1.82) is 0 Å². The van der Waals surface area contributed by atoms with Crippen LogP contribution in [0.4, 0.5) is 0 Å². The molecule has 0 rings (SSSR count). The molecule has 0 heterocycles. The average Bonchev–Trinajstić information content (AvgIpc) is 2.03. The molecular formula is C8H18NO4+. The molecule has 0 fully saturated rings. The summed E-state index contributed by atoms with van der Waals surface area (Å²) >= 11 is 0. The fourth-order valence-electron chi connectivity index (χ4n) is 1.22. The molecule has 78 valence electrons. The van der Waals surface area contributed by atoms with Crippen molar-refractivity contribution in [3.05, 3.63) is 0 Å². The Morgan fingerprint density at radius 2 is 1.69 bits per heavy atom. The normalized spacial score (nSPS) is 14.2. The molecule has 0 aromatic carbocycles. The van der Waals surface area contributed by atoms with Gasteiger partial charge < -0.3 is 15.3 Å². The summed E-state index contributed by atoms with van der Waals surface area (Å²) in [6.07, 6.45) is -1.07. The highest BCUT2D eigenvalue weighted by Gasteiger charge is 2.33. The molecule has 1 atom stereocenters. The Labute approximate surface area is 77.8 Å². The molecule has 1 amide bonds. The zero-order valence-electron chi connectivity index (χ0n) is 8.10. The maximum absolute atomic E-state index is 11.4. The van der Waals surface area contributed by atoms with E-state index in [1.807, 2.05) is 0 Å². The highest BCUT2D eigenvalue weighted by Crippen LogP contribution is 2.05. The molecule has 5 nitrogen and oxygen atoms in total. The minimum absolute atomic E-state index is 0.134. The third-order valence-corrected chi connectivity index (χ3v) is 2.08. The van der Waals surface area contributed by atoms with Gasteiger partial charge in [0.1, 0.15) is 13.1 Å². The van der Waals surface area contributed by atoms with Crippen LogP contribution in [0.15, 0.2) is 0 Å².